The van der Waals surface area contributed by atoms with Gasteiger partial charge in [-0.3, -0.25) is 0 Å². The second-order valence-electron chi connectivity index (χ2n) is 6.44. The monoisotopic (exact) mass is 334 g/mol. The number of benzene rings is 2. The fraction of sp³-hybridized carbons (Fsp3) is 0.250. The number of hydrogen-bond donors (Lipinski definition) is 3. The first-order valence-electron chi connectivity index (χ1n) is 8.58. The minimum absolute atomic E-state index is 0.240. The van der Waals surface area contributed by atoms with Crippen molar-refractivity contribution in [1.29, 1.82) is 0 Å². The van der Waals surface area contributed by atoms with Gasteiger partial charge in [0.2, 0.25) is 0 Å². The smallest absolute Gasteiger partial charge is 0.131 e. The quantitative estimate of drug-likeness (QED) is 0.668. The van der Waals surface area contributed by atoms with Crippen LogP contribution in [0, 0.1) is 0 Å². The number of nitrogens with one attached hydrogen (secondary N) is 1. The number of hydrogen-bond acceptors (Lipinski definition) is 5. The van der Waals surface area contributed by atoms with Crippen LogP contribution in [0.25, 0.3) is 10.9 Å². The second-order valence-corrected chi connectivity index (χ2v) is 6.44. The predicted octanol–water partition coefficient (Wildman–Crippen LogP) is 2.49. The van der Waals surface area contributed by atoms with E-state index in [0.717, 1.165) is 35.5 Å². The second kappa shape index (κ2) is 6.70. The topological polar surface area (TPSA) is 74.4 Å². The Morgan fingerprint density at radius 1 is 1.08 bits per heavy atom. The number of anilines is 2. The SMILES string of the molecule is NCC(O)CNc1cc(N2Cc3ccccc3C2)nc2ccccc12. The van der Waals surface area contributed by atoms with Crippen molar-refractivity contribution in [1.82, 2.24) is 4.98 Å². The molecule has 1 unspecified atom stereocenters. The summed E-state index contributed by atoms with van der Waals surface area (Å²) in [5.41, 5.74) is 10.1. The molecule has 0 saturated carbocycles. The van der Waals surface area contributed by atoms with Gasteiger partial charge in [-0.1, -0.05) is 42.5 Å². The zero-order valence-corrected chi connectivity index (χ0v) is 14.0. The summed E-state index contributed by atoms with van der Waals surface area (Å²) in [4.78, 5) is 7.13. The highest BCUT2D eigenvalue weighted by Crippen LogP contribution is 2.32. The van der Waals surface area contributed by atoms with E-state index in [1.165, 1.54) is 11.1 Å². The third kappa shape index (κ3) is 3.16. The number of nitrogens with zero attached hydrogens (tertiary/aromatic N) is 2. The van der Waals surface area contributed by atoms with E-state index in [-0.39, 0.29) is 6.54 Å². The molecule has 2 heterocycles. The molecular formula is C20H22N4O. The highest BCUT2D eigenvalue weighted by molar-refractivity contribution is 5.93. The summed E-state index contributed by atoms with van der Waals surface area (Å²) in [5.74, 6) is 0.944. The number of aliphatic hydroxyl groups is 1. The Labute approximate surface area is 147 Å². The van der Waals surface area contributed by atoms with E-state index < -0.39 is 6.10 Å². The molecule has 4 rings (SSSR count). The number of fused-ring (bicyclic) bond motifs is 2. The van der Waals surface area contributed by atoms with Gasteiger partial charge in [0.1, 0.15) is 5.82 Å². The molecule has 1 aliphatic rings. The van der Waals surface area contributed by atoms with Crippen LogP contribution in [0.5, 0.6) is 0 Å². The molecular weight excluding hydrogens is 312 g/mol. The highest BCUT2D eigenvalue weighted by atomic mass is 16.3. The molecule has 0 spiro atoms. The van der Waals surface area contributed by atoms with Crippen LogP contribution in [0.2, 0.25) is 0 Å². The Kier molecular flexibility index (Phi) is 4.26. The molecule has 0 bridgehead atoms. The van der Waals surface area contributed by atoms with E-state index in [4.69, 9.17) is 10.7 Å². The Morgan fingerprint density at radius 3 is 2.48 bits per heavy atom. The summed E-state index contributed by atoms with van der Waals surface area (Å²) < 4.78 is 0. The average molecular weight is 334 g/mol. The Balaban J connectivity index is 1.68. The van der Waals surface area contributed by atoms with Crippen molar-refractivity contribution in [3.05, 3.63) is 65.7 Å². The zero-order valence-electron chi connectivity index (χ0n) is 14.0. The van der Waals surface area contributed by atoms with Gasteiger partial charge in [0.05, 0.1) is 11.6 Å². The first kappa shape index (κ1) is 15.9. The number of para-hydroxylation sites is 1. The predicted molar refractivity (Wildman–Crippen MR) is 102 cm³/mol. The summed E-state index contributed by atoms with van der Waals surface area (Å²) in [7, 11) is 0. The third-order valence-electron chi connectivity index (χ3n) is 4.67. The molecule has 4 N–H and O–H groups in total. The van der Waals surface area contributed by atoms with Crippen molar-refractivity contribution in [3.63, 3.8) is 0 Å². The van der Waals surface area contributed by atoms with Crippen LogP contribution in [0.15, 0.2) is 54.6 Å². The third-order valence-corrected chi connectivity index (χ3v) is 4.67. The fourth-order valence-electron chi connectivity index (χ4n) is 3.28. The molecule has 0 fully saturated rings. The molecule has 128 valence electrons. The summed E-state index contributed by atoms with van der Waals surface area (Å²) in [6.07, 6.45) is -0.564. The van der Waals surface area contributed by atoms with Crippen molar-refractivity contribution >= 4 is 22.4 Å². The normalized spacial score (nSPS) is 14.6. The fourth-order valence-corrected chi connectivity index (χ4v) is 3.28. The summed E-state index contributed by atoms with van der Waals surface area (Å²) in [5, 5.41) is 14.2. The van der Waals surface area contributed by atoms with Gasteiger partial charge in [0.25, 0.3) is 0 Å². The number of aromatic nitrogens is 1. The molecule has 2 aromatic carbocycles. The van der Waals surface area contributed by atoms with Gasteiger partial charge in [-0.2, -0.15) is 0 Å². The minimum Gasteiger partial charge on any atom is -0.390 e. The summed E-state index contributed by atoms with van der Waals surface area (Å²) in [6.45, 7) is 2.40. The lowest BCUT2D eigenvalue weighted by molar-refractivity contribution is 0.196. The number of pyridine rings is 1. The van der Waals surface area contributed by atoms with Crippen molar-refractivity contribution in [3.8, 4) is 0 Å². The van der Waals surface area contributed by atoms with Crippen molar-refractivity contribution in [2.24, 2.45) is 5.73 Å². The van der Waals surface area contributed by atoms with Crippen molar-refractivity contribution in [2.75, 3.05) is 23.3 Å². The van der Waals surface area contributed by atoms with Gasteiger partial charge in [-0.05, 0) is 17.2 Å². The van der Waals surface area contributed by atoms with Crippen LogP contribution in [0.1, 0.15) is 11.1 Å². The number of rotatable bonds is 5. The molecule has 0 amide bonds. The molecule has 0 saturated heterocycles. The average Bonchev–Trinajstić information content (AvgIpc) is 3.09. The van der Waals surface area contributed by atoms with E-state index in [1.807, 2.05) is 24.3 Å². The molecule has 0 radical (unpaired) electrons. The van der Waals surface area contributed by atoms with Gasteiger partial charge >= 0.3 is 0 Å². The molecule has 25 heavy (non-hydrogen) atoms. The van der Waals surface area contributed by atoms with E-state index >= 15 is 0 Å². The van der Waals surface area contributed by atoms with Crippen LogP contribution in [0.4, 0.5) is 11.5 Å². The lowest BCUT2D eigenvalue weighted by atomic mass is 10.1. The first-order chi connectivity index (χ1) is 12.2. The summed E-state index contributed by atoms with van der Waals surface area (Å²) >= 11 is 0. The van der Waals surface area contributed by atoms with Crippen LogP contribution in [-0.2, 0) is 13.1 Å². The van der Waals surface area contributed by atoms with E-state index in [0.29, 0.717) is 6.54 Å². The molecule has 0 aliphatic carbocycles. The van der Waals surface area contributed by atoms with Gasteiger partial charge in [0, 0.05) is 43.3 Å². The molecule has 5 nitrogen and oxygen atoms in total. The number of nitrogens with two attached hydrogens (primary N) is 1. The van der Waals surface area contributed by atoms with Crippen LogP contribution < -0.4 is 16.0 Å². The highest BCUT2D eigenvalue weighted by Gasteiger charge is 2.20. The zero-order chi connectivity index (χ0) is 17.2. The molecule has 5 heteroatoms. The van der Waals surface area contributed by atoms with E-state index in [9.17, 15) is 5.11 Å². The maximum absolute atomic E-state index is 9.78. The van der Waals surface area contributed by atoms with Crippen LogP contribution >= 0.6 is 0 Å². The van der Waals surface area contributed by atoms with Crippen LogP contribution in [-0.4, -0.2) is 29.3 Å². The first-order valence-corrected chi connectivity index (χ1v) is 8.58. The standard InChI is InChI=1S/C20H22N4O/c21-10-16(25)11-22-19-9-20(23-18-8-4-3-7-17(18)19)24-12-14-5-1-2-6-15(14)13-24/h1-9,16,25H,10-13,21H2,(H,22,23). The van der Waals surface area contributed by atoms with Gasteiger partial charge in [-0.15, -0.1) is 0 Å². The van der Waals surface area contributed by atoms with Crippen LogP contribution in [0.3, 0.4) is 0 Å². The largest absolute Gasteiger partial charge is 0.390 e. The van der Waals surface area contributed by atoms with E-state index in [1.54, 1.807) is 0 Å². The number of aliphatic hydroxyl groups excluding tert-OH is 1. The Bertz CT molecular complexity index is 871. The van der Waals surface area contributed by atoms with Gasteiger partial charge < -0.3 is 21.1 Å². The molecule has 1 aliphatic heterocycles. The van der Waals surface area contributed by atoms with Crippen molar-refractivity contribution < 1.29 is 5.11 Å². The molecule has 1 aromatic heterocycles. The maximum atomic E-state index is 9.78. The molecule has 1 atom stereocenters. The van der Waals surface area contributed by atoms with Crippen molar-refractivity contribution in [2.45, 2.75) is 19.2 Å². The summed E-state index contributed by atoms with van der Waals surface area (Å²) in [6, 6.07) is 18.6. The Hall–Kier alpha value is -2.63. The Morgan fingerprint density at radius 2 is 1.76 bits per heavy atom. The molecule has 3 aromatic rings. The minimum atomic E-state index is -0.564. The maximum Gasteiger partial charge on any atom is 0.131 e. The van der Waals surface area contributed by atoms with Gasteiger partial charge in [0.15, 0.2) is 0 Å². The van der Waals surface area contributed by atoms with E-state index in [2.05, 4.69) is 40.5 Å². The van der Waals surface area contributed by atoms with Gasteiger partial charge in [-0.25, -0.2) is 4.98 Å². The lowest BCUT2D eigenvalue weighted by Crippen LogP contribution is -2.28. The lowest BCUT2D eigenvalue weighted by Gasteiger charge is -2.20.